The predicted molar refractivity (Wildman–Crippen MR) is 67.7 cm³/mol. The molecule has 0 unspecified atom stereocenters. The molecule has 1 aromatic rings. The summed E-state index contributed by atoms with van der Waals surface area (Å²) in [6, 6.07) is 1.49. The second kappa shape index (κ2) is 6.89. The van der Waals surface area contributed by atoms with E-state index in [9.17, 15) is 13.5 Å². The highest BCUT2D eigenvalue weighted by molar-refractivity contribution is 7.89. The van der Waals surface area contributed by atoms with Crippen molar-refractivity contribution in [1.82, 2.24) is 9.29 Å². The van der Waals surface area contributed by atoms with Crippen LogP contribution in [-0.4, -0.2) is 38.4 Å². The van der Waals surface area contributed by atoms with Gasteiger partial charge in [0.15, 0.2) is 0 Å². The largest absolute Gasteiger partial charge is 0.390 e. The molecule has 1 heterocycles. The number of aliphatic hydroxyl groups is 1. The molecular formula is C11H20N2O4S. The van der Waals surface area contributed by atoms with Gasteiger partial charge in [-0.3, -0.25) is 0 Å². The number of aryl methyl sites for hydroxylation is 1. The van der Waals surface area contributed by atoms with Crippen molar-refractivity contribution < 1.29 is 18.3 Å². The van der Waals surface area contributed by atoms with Crippen LogP contribution in [-0.2, 0) is 27.9 Å². The van der Waals surface area contributed by atoms with Crippen molar-refractivity contribution in [3.63, 3.8) is 0 Å². The Bertz CT molecular complexity index is 467. The van der Waals surface area contributed by atoms with E-state index in [1.165, 1.54) is 13.2 Å². The molecule has 0 aliphatic carbocycles. The summed E-state index contributed by atoms with van der Waals surface area (Å²) < 4.78 is 32.8. The normalized spacial score (nSPS) is 11.9. The first-order chi connectivity index (χ1) is 8.55. The molecule has 7 heteroatoms. The van der Waals surface area contributed by atoms with Gasteiger partial charge in [0.05, 0.1) is 18.1 Å². The van der Waals surface area contributed by atoms with Gasteiger partial charge >= 0.3 is 0 Å². The molecule has 0 atom stereocenters. The van der Waals surface area contributed by atoms with Gasteiger partial charge in [0.25, 0.3) is 0 Å². The lowest BCUT2D eigenvalue weighted by Gasteiger charge is -2.04. The lowest BCUT2D eigenvalue weighted by atomic mass is 10.4. The Balaban J connectivity index is 2.88. The number of aromatic nitrogens is 1. The van der Waals surface area contributed by atoms with E-state index in [2.05, 4.69) is 4.72 Å². The van der Waals surface area contributed by atoms with Gasteiger partial charge in [0, 0.05) is 32.1 Å². The first kappa shape index (κ1) is 15.2. The van der Waals surface area contributed by atoms with Crippen molar-refractivity contribution in [3.8, 4) is 0 Å². The van der Waals surface area contributed by atoms with E-state index in [-0.39, 0.29) is 18.0 Å². The molecule has 0 saturated carbocycles. The summed E-state index contributed by atoms with van der Waals surface area (Å²) in [5.41, 5.74) is 0.601. The second-order valence-corrected chi connectivity index (χ2v) is 5.68. The van der Waals surface area contributed by atoms with Crippen LogP contribution in [0.2, 0.25) is 0 Å². The summed E-state index contributed by atoms with van der Waals surface area (Å²) in [6.07, 6.45) is 2.42. The number of nitrogens with zero attached hydrogens (tertiary/aromatic N) is 1. The molecule has 18 heavy (non-hydrogen) atoms. The first-order valence-electron chi connectivity index (χ1n) is 5.83. The molecular weight excluding hydrogens is 256 g/mol. The summed E-state index contributed by atoms with van der Waals surface area (Å²) in [5, 5.41) is 9.18. The van der Waals surface area contributed by atoms with Crippen molar-refractivity contribution in [3.05, 3.63) is 18.0 Å². The molecule has 1 rings (SSSR count). The minimum absolute atomic E-state index is 0.173. The number of sulfonamides is 1. The zero-order valence-electron chi connectivity index (χ0n) is 10.7. The molecule has 1 aromatic heterocycles. The second-order valence-electron chi connectivity index (χ2n) is 3.91. The standard InChI is InChI=1S/C11H20N2O4S/c1-3-5-13-8-11(7-10(13)9-14)18(15,16)12-4-6-17-2/h7-8,12,14H,3-6,9H2,1-2H3. The quantitative estimate of drug-likeness (QED) is 0.670. The molecule has 0 bridgehead atoms. The molecule has 0 aromatic carbocycles. The number of rotatable bonds is 8. The fourth-order valence-corrected chi connectivity index (χ4v) is 2.69. The van der Waals surface area contributed by atoms with Crippen LogP contribution in [0.25, 0.3) is 0 Å². The van der Waals surface area contributed by atoms with Crippen molar-refractivity contribution >= 4 is 10.0 Å². The Kier molecular flexibility index (Phi) is 5.80. The zero-order chi connectivity index (χ0) is 13.6. The van der Waals surface area contributed by atoms with Crippen LogP contribution >= 0.6 is 0 Å². The number of methoxy groups -OCH3 is 1. The summed E-state index contributed by atoms with van der Waals surface area (Å²) in [4.78, 5) is 0.177. The SMILES string of the molecule is CCCn1cc(S(=O)(=O)NCCOC)cc1CO. The molecule has 2 N–H and O–H groups in total. The number of aliphatic hydroxyl groups excluding tert-OH is 1. The van der Waals surface area contributed by atoms with Gasteiger partial charge in [-0.05, 0) is 12.5 Å². The molecule has 0 radical (unpaired) electrons. The van der Waals surface area contributed by atoms with Crippen LogP contribution in [0.4, 0.5) is 0 Å². The number of hydrogen-bond acceptors (Lipinski definition) is 4. The molecule has 0 aliphatic heterocycles. The van der Waals surface area contributed by atoms with Crippen LogP contribution in [0, 0.1) is 0 Å². The fraction of sp³-hybridized carbons (Fsp3) is 0.636. The lowest BCUT2D eigenvalue weighted by molar-refractivity contribution is 0.204. The third kappa shape index (κ3) is 3.81. The van der Waals surface area contributed by atoms with Gasteiger partial charge in [-0.2, -0.15) is 0 Å². The molecule has 0 fully saturated rings. The summed E-state index contributed by atoms with van der Waals surface area (Å²) in [5.74, 6) is 0. The van der Waals surface area contributed by atoms with E-state index < -0.39 is 10.0 Å². The van der Waals surface area contributed by atoms with Gasteiger partial charge in [-0.15, -0.1) is 0 Å². The van der Waals surface area contributed by atoms with Crippen LogP contribution in [0.1, 0.15) is 19.0 Å². The predicted octanol–water partition coefficient (Wildman–Crippen LogP) is 0.315. The average Bonchev–Trinajstić information content (AvgIpc) is 2.74. The van der Waals surface area contributed by atoms with Gasteiger partial charge in [-0.1, -0.05) is 6.92 Å². The number of nitrogens with one attached hydrogen (secondary N) is 1. The van der Waals surface area contributed by atoms with Crippen LogP contribution in [0.15, 0.2) is 17.2 Å². The molecule has 0 saturated heterocycles. The monoisotopic (exact) mass is 276 g/mol. The van der Waals surface area contributed by atoms with E-state index in [0.717, 1.165) is 6.42 Å². The minimum Gasteiger partial charge on any atom is -0.390 e. The van der Waals surface area contributed by atoms with Crippen molar-refractivity contribution in [2.45, 2.75) is 31.4 Å². The van der Waals surface area contributed by atoms with E-state index in [0.29, 0.717) is 18.8 Å². The number of ether oxygens (including phenoxy) is 1. The van der Waals surface area contributed by atoms with Crippen molar-refractivity contribution in [2.75, 3.05) is 20.3 Å². The summed E-state index contributed by atoms with van der Waals surface area (Å²) >= 11 is 0. The topological polar surface area (TPSA) is 80.6 Å². The molecule has 104 valence electrons. The Morgan fingerprint density at radius 1 is 1.50 bits per heavy atom. The van der Waals surface area contributed by atoms with E-state index in [1.807, 2.05) is 6.92 Å². The fourth-order valence-electron chi connectivity index (χ4n) is 1.61. The van der Waals surface area contributed by atoms with Crippen molar-refractivity contribution in [2.24, 2.45) is 0 Å². The highest BCUT2D eigenvalue weighted by atomic mass is 32.2. The van der Waals surface area contributed by atoms with E-state index in [1.54, 1.807) is 10.8 Å². The Hall–Kier alpha value is -0.890. The Morgan fingerprint density at radius 3 is 2.78 bits per heavy atom. The molecule has 0 spiro atoms. The van der Waals surface area contributed by atoms with E-state index in [4.69, 9.17) is 4.74 Å². The Morgan fingerprint density at radius 2 is 2.22 bits per heavy atom. The molecule has 0 aliphatic rings. The smallest absolute Gasteiger partial charge is 0.242 e. The lowest BCUT2D eigenvalue weighted by Crippen LogP contribution is -2.26. The minimum atomic E-state index is -3.52. The maximum Gasteiger partial charge on any atom is 0.242 e. The van der Waals surface area contributed by atoms with Crippen LogP contribution < -0.4 is 4.72 Å². The summed E-state index contributed by atoms with van der Waals surface area (Å²) in [6.45, 7) is 3.05. The van der Waals surface area contributed by atoms with Crippen LogP contribution in [0.3, 0.4) is 0 Å². The third-order valence-electron chi connectivity index (χ3n) is 2.50. The molecule has 6 nitrogen and oxygen atoms in total. The Labute approximate surface area is 108 Å². The zero-order valence-corrected chi connectivity index (χ0v) is 11.5. The van der Waals surface area contributed by atoms with Gasteiger partial charge < -0.3 is 14.4 Å². The highest BCUT2D eigenvalue weighted by Crippen LogP contribution is 2.15. The van der Waals surface area contributed by atoms with Gasteiger partial charge in [-0.25, -0.2) is 13.1 Å². The van der Waals surface area contributed by atoms with Crippen molar-refractivity contribution in [1.29, 1.82) is 0 Å². The third-order valence-corrected chi connectivity index (χ3v) is 3.92. The maximum absolute atomic E-state index is 11.9. The van der Waals surface area contributed by atoms with Gasteiger partial charge in [0.2, 0.25) is 10.0 Å². The van der Waals surface area contributed by atoms with Gasteiger partial charge in [0.1, 0.15) is 0 Å². The molecule has 0 amide bonds. The summed E-state index contributed by atoms with van der Waals surface area (Å²) in [7, 11) is -2.01. The average molecular weight is 276 g/mol. The maximum atomic E-state index is 11.9. The van der Waals surface area contributed by atoms with E-state index >= 15 is 0 Å². The number of hydrogen-bond donors (Lipinski definition) is 2. The first-order valence-corrected chi connectivity index (χ1v) is 7.32. The van der Waals surface area contributed by atoms with Crippen LogP contribution in [0.5, 0.6) is 0 Å². The highest BCUT2D eigenvalue weighted by Gasteiger charge is 2.17.